The second-order valence-electron chi connectivity index (χ2n) is 11.9. The van der Waals surface area contributed by atoms with Crippen molar-refractivity contribution in [3.05, 3.63) is 82.4 Å². The fourth-order valence-electron chi connectivity index (χ4n) is 5.64. The topological polar surface area (TPSA) is 120 Å². The van der Waals surface area contributed by atoms with Gasteiger partial charge in [-0.05, 0) is 74.1 Å². The Morgan fingerprint density at radius 2 is 1.93 bits per heavy atom. The maximum absolute atomic E-state index is 14.3. The zero-order chi connectivity index (χ0) is 31.7. The lowest BCUT2D eigenvalue weighted by Crippen LogP contribution is -2.52. The quantitative estimate of drug-likeness (QED) is 0.209. The first-order chi connectivity index (χ1) is 21.4. The molecule has 4 N–H and O–H groups in total. The number of rotatable bonds is 8. The Balaban J connectivity index is 1.27. The molecule has 8 nitrogen and oxygen atoms in total. The van der Waals surface area contributed by atoms with E-state index in [-0.39, 0.29) is 45.9 Å². The van der Waals surface area contributed by atoms with Crippen LogP contribution in [0.15, 0.2) is 54.7 Å². The molecule has 0 radical (unpaired) electrons. The number of benzene rings is 2. The number of ether oxygens (including phenoxy) is 2. The predicted octanol–water partition coefficient (Wildman–Crippen LogP) is 5.77. The van der Waals surface area contributed by atoms with Crippen molar-refractivity contribution in [1.82, 2.24) is 15.3 Å². The standard InChI is InChI=1S/C32H27ClF4N4O4/c33-22-11-17(3-8-23(22)34)27-28-21(31(38,15-44-28)32(35,36)37)13-25(41-27)30(43,19-4-5-19)14-40-29(42)18-10-16-2-1-9-39-26(16)24(12-18)45-20-6-7-20/h1-3,8-13,19-20,43H,4-7,14-15,38H2,(H,40,42)/t30-,31+/m1/s1. The summed E-state index contributed by atoms with van der Waals surface area (Å²) >= 11 is 6.00. The first kappa shape index (κ1) is 29.7. The van der Waals surface area contributed by atoms with Gasteiger partial charge in [-0.1, -0.05) is 17.7 Å². The van der Waals surface area contributed by atoms with Crippen LogP contribution in [0.4, 0.5) is 17.6 Å². The number of nitrogens with two attached hydrogens (primary N) is 1. The van der Waals surface area contributed by atoms with Gasteiger partial charge in [0, 0.05) is 28.3 Å². The maximum atomic E-state index is 14.3. The number of alkyl halides is 3. The van der Waals surface area contributed by atoms with Crippen LogP contribution in [-0.2, 0) is 11.1 Å². The average molecular weight is 643 g/mol. The second-order valence-corrected chi connectivity index (χ2v) is 12.3. The molecule has 2 saturated carbocycles. The van der Waals surface area contributed by atoms with Crippen LogP contribution in [0.3, 0.4) is 0 Å². The molecule has 0 spiro atoms. The molecule has 0 saturated heterocycles. The minimum atomic E-state index is -4.91. The van der Waals surface area contributed by atoms with Crippen molar-refractivity contribution in [2.24, 2.45) is 11.7 Å². The minimum Gasteiger partial charge on any atom is -0.488 e. The molecule has 1 amide bonds. The van der Waals surface area contributed by atoms with E-state index < -0.39 is 47.1 Å². The highest BCUT2D eigenvalue weighted by Gasteiger charge is 2.59. The molecule has 234 valence electrons. The van der Waals surface area contributed by atoms with Crippen LogP contribution in [-0.4, -0.2) is 46.4 Å². The highest BCUT2D eigenvalue weighted by atomic mass is 35.5. The molecule has 0 bridgehead atoms. The van der Waals surface area contributed by atoms with Gasteiger partial charge in [0.05, 0.1) is 23.4 Å². The summed E-state index contributed by atoms with van der Waals surface area (Å²) in [6.07, 6.45) is -0.313. The van der Waals surface area contributed by atoms with Crippen LogP contribution in [0.1, 0.15) is 47.3 Å². The summed E-state index contributed by atoms with van der Waals surface area (Å²) < 4.78 is 68.4. The molecule has 2 aliphatic carbocycles. The smallest absolute Gasteiger partial charge is 0.414 e. The van der Waals surface area contributed by atoms with E-state index in [0.29, 0.717) is 29.5 Å². The van der Waals surface area contributed by atoms with E-state index in [1.54, 1.807) is 30.5 Å². The monoisotopic (exact) mass is 642 g/mol. The highest BCUT2D eigenvalue weighted by Crippen LogP contribution is 2.52. The lowest BCUT2D eigenvalue weighted by molar-refractivity contribution is -0.191. The Hall–Kier alpha value is -4.00. The van der Waals surface area contributed by atoms with Crippen molar-refractivity contribution >= 4 is 28.4 Å². The summed E-state index contributed by atoms with van der Waals surface area (Å²) in [6.45, 7) is -1.28. The zero-order valence-corrected chi connectivity index (χ0v) is 24.4. The van der Waals surface area contributed by atoms with Gasteiger partial charge in [-0.25, -0.2) is 9.37 Å². The number of nitrogens with one attached hydrogen (secondary N) is 1. The number of pyridine rings is 2. The summed E-state index contributed by atoms with van der Waals surface area (Å²) in [5, 5.41) is 15.3. The molecule has 7 rings (SSSR count). The van der Waals surface area contributed by atoms with Crippen LogP contribution in [0.5, 0.6) is 11.5 Å². The number of carbonyl (C=O) groups is 1. The van der Waals surface area contributed by atoms with Crippen molar-refractivity contribution in [2.75, 3.05) is 13.2 Å². The number of nitrogens with zero attached hydrogens (tertiary/aromatic N) is 2. The van der Waals surface area contributed by atoms with Crippen LogP contribution < -0.4 is 20.5 Å². The third-order valence-electron chi connectivity index (χ3n) is 8.56. The molecule has 3 heterocycles. The van der Waals surface area contributed by atoms with Crippen LogP contribution in [0, 0.1) is 11.7 Å². The van der Waals surface area contributed by atoms with Gasteiger partial charge in [0.1, 0.15) is 35.0 Å². The average Bonchev–Trinajstić information content (AvgIpc) is 3.95. The van der Waals surface area contributed by atoms with Gasteiger partial charge in [-0.15, -0.1) is 0 Å². The largest absolute Gasteiger partial charge is 0.488 e. The molecule has 2 aromatic carbocycles. The summed E-state index contributed by atoms with van der Waals surface area (Å²) in [4.78, 5) is 22.4. The van der Waals surface area contributed by atoms with Gasteiger partial charge in [-0.3, -0.25) is 9.78 Å². The molecule has 2 fully saturated rings. The van der Waals surface area contributed by atoms with E-state index in [2.05, 4.69) is 15.3 Å². The fraction of sp³-hybridized carbons (Fsp3) is 0.344. The first-order valence-electron chi connectivity index (χ1n) is 14.4. The molecule has 0 unspecified atom stereocenters. The summed E-state index contributed by atoms with van der Waals surface area (Å²) in [5.41, 5.74) is 1.54. The van der Waals surface area contributed by atoms with Crippen LogP contribution in [0.25, 0.3) is 22.2 Å². The molecule has 4 aromatic rings. The van der Waals surface area contributed by atoms with E-state index in [1.165, 1.54) is 12.1 Å². The van der Waals surface area contributed by atoms with Crippen molar-refractivity contribution in [3.8, 4) is 22.8 Å². The Labute approximate surface area is 259 Å². The molecular weight excluding hydrogens is 616 g/mol. The lowest BCUT2D eigenvalue weighted by Gasteiger charge is -2.31. The zero-order valence-electron chi connectivity index (χ0n) is 23.6. The third-order valence-corrected chi connectivity index (χ3v) is 8.85. The number of fused-ring (bicyclic) bond motifs is 2. The molecule has 2 aromatic heterocycles. The molecule has 1 aliphatic heterocycles. The summed E-state index contributed by atoms with van der Waals surface area (Å²) in [6, 6.07) is 11.5. The normalized spacial score (nSPS) is 20.8. The Morgan fingerprint density at radius 3 is 2.62 bits per heavy atom. The van der Waals surface area contributed by atoms with Crippen LogP contribution >= 0.6 is 11.6 Å². The summed E-state index contributed by atoms with van der Waals surface area (Å²) in [5.74, 6) is -1.45. The molecule has 45 heavy (non-hydrogen) atoms. The number of aromatic nitrogens is 2. The van der Waals surface area contributed by atoms with Gasteiger partial charge in [-0.2, -0.15) is 13.2 Å². The van der Waals surface area contributed by atoms with Crippen molar-refractivity contribution in [1.29, 1.82) is 0 Å². The number of halogens is 5. The van der Waals surface area contributed by atoms with E-state index >= 15 is 0 Å². The van der Waals surface area contributed by atoms with Gasteiger partial charge in [0.2, 0.25) is 0 Å². The molecular formula is C32H27ClF4N4O4. The number of hydrogen-bond donors (Lipinski definition) is 3. The molecule has 13 heteroatoms. The first-order valence-corrected chi connectivity index (χ1v) is 14.8. The maximum Gasteiger partial charge on any atom is 0.414 e. The van der Waals surface area contributed by atoms with Gasteiger partial charge in [0.15, 0.2) is 11.3 Å². The molecule has 2 atom stereocenters. The van der Waals surface area contributed by atoms with E-state index in [4.69, 9.17) is 26.8 Å². The van der Waals surface area contributed by atoms with Crippen molar-refractivity contribution < 1.29 is 36.9 Å². The van der Waals surface area contributed by atoms with Crippen molar-refractivity contribution in [2.45, 2.75) is 49.1 Å². The van der Waals surface area contributed by atoms with Crippen molar-refractivity contribution in [3.63, 3.8) is 0 Å². The Bertz CT molecular complexity index is 1850. The highest BCUT2D eigenvalue weighted by molar-refractivity contribution is 6.31. The number of carbonyl (C=O) groups excluding carboxylic acids is 1. The van der Waals surface area contributed by atoms with Gasteiger partial charge in [0.25, 0.3) is 5.91 Å². The van der Waals surface area contributed by atoms with Gasteiger partial charge >= 0.3 is 6.18 Å². The van der Waals surface area contributed by atoms with Crippen LogP contribution in [0.2, 0.25) is 5.02 Å². The number of amides is 1. The van der Waals surface area contributed by atoms with Gasteiger partial charge < -0.3 is 25.6 Å². The predicted molar refractivity (Wildman–Crippen MR) is 156 cm³/mol. The fourth-order valence-corrected chi connectivity index (χ4v) is 5.82. The second kappa shape index (κ2) is 10.5. The molecule has 3 aliphatic rings. The van der Waals surface area contributed by atoms with E-state index in [9.17, 15) is 27.5 Å². The van der Waals surface area contributed by atoms with E-state index in [1.807, 2.05) is 0 Å². The Kier molecular flexibility index (Phi) is 6.95. The lowest BCUT2D eigenvalue weighted by atomic mass is 9.86. The summed E-state index contributed by atoms with van der Waals surface area (Å²) in [7, 11) is 0. The number of aliphatic hydroxyl groups is 1. The number of hydrogen-bond acceptors (Lipinski definition) is 7. The third kappa shape index (κ3) is 5.24. The Morgan fingerprint density at radius 1 is 1.16 bits per heavy atom. The van der Waals surface area contributed by atoms with E-state index in [0.717, 1.165) is 25.0 Å². The SMILES string of the molecule is N[C@@]1(C(F)(F)F)COc2c1cc([C@@](O)(CNC(=O)c1cc(OC3CC3)c3ncccc3c1)C1CC1)nc2-c1ccc(F)c(Cl)c1. The minimum absolute atomic E-state index is 0.0554.